The summed E-state index contributed by atoms with van der Waals surface area (Å²) < 4.78 is 32.8. The molecule has 0 spiro atoms. The topological polar surface area (TPSA) is 80.7 Å². The first-order valence-electron chi connectivity index (χ1n) is 8.06. The number of hydrogen-bond acceptors (Lipinski definition) is 5. The number of rotatable bonds is 4. The lowest BCUT2D eigenvalue weighted by molar-refractivity contribution is -0.918. The van der Waals surface area contributed by atoms with E-state index >= 15 is 0 Å². The quantitative estimate of drug-likeness (QED) is 0.844. The number of aryl methyl sites for hydroxylation is 3. The molecule has 1 fully saturated rings. The van der Waals surface area contributed by atoms with Gasteiger partial charge in [0, 0.05) is 6.92 Å². The highest BCUT2D eigenvalue weighted by Gasteiger charge is 2.31. The predicted molar refractivity (Wildman–Crippen MR) is 88.1 cm³/mol. The SMILES string of the molecule is Cc1ccc(C)c(S(=O)(=O)N2CC[NH+](Cc3nnc(C)o3)CC2)c1. The van der Waals surface area contributed by atoms with Crippen LogP contribution in [0.5, 0.6) is 0 Å². The summed E-state index contributed by atoms with van der Waals surface area (Å²) in [6.07, 6.45) is 0. The second kappa shape index (κ2) is 6.62. The van der Waals surface area contributed by atoms with Gasteiger partial charge in [0.15, 0.2) is 6.54 Å². The molecule has 130 valence electrons. The van der Waals surface area contributed by atoms with Gasteiger partial charge in [0.2, 0.25) is 15.9 Å². The molecular formula is C16H23N4O3S+. The van der Waals surface area contributed by atoms with Crippen LogP contribution in [-0.2, 0) is 16.6 Å². The van der Waals surface area contributed by atoms with Crippen LogP contribution in [0.2, 0.25) is 0 Å². The van der Waals surface area contributed by atoms with Gasteiger partial charge in [0.1, 0.15) is 0 Å². The van der Waals surface area contributed by atoms with Crippen molar-refractivity contribution in [2.24, 2.45) is 0 Å². The number of sulfonamides is 1. The van der Waals surface area contributed by atoms with E-state index in [9.17, 15) is 8.42 Å². The fraction of sp³-hybridized carbons (Fsp3) is 0.500. The van der Waals surface area contributed by atoms with Crippen molar-refractivity contribution in [2.45, 2.75) is 32.2 Å². The Kier molecular flexibility index (Phi) is 4.71. The average Bonchev–Trinajstić information content (AvgIpc) is 2.95. The summed E-state index contributed by atoms with van der Waals surface area (Å²) in [7, 11) is -3.44. The molecule has 1 aliphatic rings. The number of nitrogens with zero attached hydrogens (tertiary/aromatic N) is 3. The van der Waals surface area contributed by atoms with Crippen molar-refractivity contribution in [1.82, 2.24) is 14.5 Å². The minimum atomic E-state index is -3.44. The lowest BCUT2D eigenvalue weighted by atomic mass is 10.2. The van der Waals surface area contributed by atoms with Crippen LogP contribution in [0.15, 0.2) is 27.5 Å². The fourth-order valence-corrected chi connectivity index (χ4v) is 4.72. The van der Waals surface area contributed by atoms with Crippen LogP contribution in [0.25, 0.3) is 0 Å². The molecular weight excluding hydrogens is 328 g/mol. The molecule has 1 saturated heterocycles. The van der Waals surface area contributed by atoms with Gasteiger partial charge in [-0.25, -0.2) is 8.42 Å². The predicted octanol–water partition coefficient (Wildman–Crippen LogP) is 0.0843. The maximum atomic E-state index is 12.9. The van der Waals surface area contributed by atoms with Crippen LogP contribution in [0.4, 0.5) is 0 Å². The smallest absolute Gasteiger partial charge is 0.271 e. The van der Waals surface area contributed by atoms with E-state index in [2.05, 4.69) is 10.2 Å². The second-order valence-electron chi connectivity index (χ2n) is 6.31. The first-order chi connectivity index (χ1) is 11.4. The Morgan fingerprint density at radius 1 is 1.17 bits per heavy atom. The van der Waals surface area contributed by atoms with E-state index in [4.69, 9.17) is 4.42 Å². The summed E-state index contributed by atoms with van der Waals surface area (Å²) in [4.78, 5) is 1.67. The van der Waals surface area contributed by atoms with E-state index < -0.39 is 10.0 Å². The van der Waals surface area contributed by atoms with Crippen molar-refractivity contribution < 1.29 is 17.7 Å². The summed E-state index contributed by atoms with van der Waals surface area (Å²) in [5.41, 5.74) is 1.74. The Balaban J connectivity index is 1.68. The molecule has 2 heterocycles. The molecule has 7 nitrogen and oxygen atoms in total. The molecule has 1 aromatic carbocycles. The molecule has 2 aromatic rings. The van der Waals surface area contributed by atoms with Gasteiger partial charge in [-0.1, -0.05) is 12.1 Å². The van der Waals surface area contributed by atoms with Gasteiger partial charge in [-0.2, -0.15) is 4.31 Å². The van der Waals surface area contributed by atoms with Crippen molar-refractivity contribution in [3.05, 3.63) is 41.1 Å². The minimum absolute atomic E-state index is 0.415. The zero-order valence-electron chi connectivity index (χ0n) is 14.2. The molecule has 1 aromatic heterocycles. The normalized spacial score (nSPS) is 17.3. The highest BCUT2D eigenvalue weighted by Crippen LogP contribution is 2.21. The van der Waals surface area contributed by atoms with Crippen molar-refractivity contribution in [1.29, 1.82) is 0 Å². The Hall–Kier alpha value is -1.77. The van der Waals surface area contributed by atoms with E-state index in [0.717, 1.165) is 24.2 Å². The third-order valence-electron chi connectivity index (χ3n) is 4.36. The lowest BCUT2D eigenvalue weighted by Crippen LogP contribution is -3.13. The summed E-state index contributed by atoms with van der Waals surface area (Å²) in [5.74, 6) is 1.16. The number of quaternary nitrogens is 1. The van der Waals surface area contributed by atoms with E-state index in [1.165, 1.54) is 4.90 Å². The molecule has 0 unspecified atom stereocenters. The Morgan fingerprint density at radius 3 is 2.50 bits per heavy atom. The molecule has 3 rings (SSSR count). The minimum Gasteiger partial charge on any atom is -0.420 e. The van der Waals surface area contributed by atoms with Crippen LogP contribution in [0, 0.1) is 20.8 Å². The molecule has 0 atom stereocenters. The third kappa shape index (κ3) is 3.50. The maximum Gasteiger partial charge on any atom is 0.271 e. The lowest BCUT2D eigenvalue weighted by Gasteiger charge is -2.31. The summed E-state index contributed by atoms with van der Waals surface area (Å²) in [6, 6.07) is 5.55. The summed E-state index contributed by atoms with van der Waals surface area (Å²) in [5, 5.41) is 7.83. The van der Waals surface area contributed by atoms with E-state index in [1.807, 2.05) is 26.0 Å². The zero-order chi connectivity index (χ0) is 17.3. The van der Waals surface area contributed by atoms with Gasteiger partial charge in [-0.05, 0) is 31.0 Å². The van der Waals surface area contributed by atoms with Crippen LogP contribution in [0.1, 0.15) is 22.9 Å². The Bertz CT molecular complexity index is 824. The van der Waals surface area contributed by atoms with Gasteiger partial charge in [-0.3, -0.25) is 0 Å². The standard InChI is InChI=1S/C16H22N4O3S/c1-12-4-5-13(2)15(10-12)24(21,22)20-8-6-19(7-9-20)11-16-18-17-14(3)23-16/h4-5,10H,6-9,11H2,1-3H3/p+1. The number of piperazine rings is 1. The number of hydrogen-bond donors (Lipinski definition) is 1. The summed E-state index contributed by atoms with van der Waals surface area (Å²) in [6.45, 7) is 8.60. The first kappa shape index (κ1) is 17.1. The molecule has 0 saturated carbocycles. The molecule has 0 bridgehead atoms. The van der Waals surface area contributed by atoms with Gasteiger partial charge in [0.25, 0.3) is 5.89 Å². The maximum absolute atomic E-state index is 12.9. The molecule has 24 heavy (non-hydrogen) atoms. The Morgan fingerprint density at radius 2 is 1.88 bits per heavy atom. The Labute approximate surface area is 142 Å². The van der Waals surface area contributed by atoms with Crippen LogP contribution >= 0.6 is 0 Å². The first-order valence-corrected chi connectivity index (χ1v) is 9.50. The molecule has 0 amide bonds. The molecule has 0 radical (unpaired) electrons. The molecule has 1 N–H and O–H groups in total. The van der Waals surface area contributed by atoms with Gasteiger partial charge < -0.3 is 9.32 Å². The number of benzene rings is 1. The molecule has 0 aliphatic carbocycles. The fourth-order valence-electron chi connectivity index (χ4n) is 2.97. The number of nitrogens with one attached hydrogen (secondary N) is 1. The van der Waals surface area contributed by atoms with Crippen LogP contribution < -0.4 is 4.90 Å². The molecule has 8 heteroatoms. The number of aromatic nitrogens is 2. The van der Waals surface area contributed by atoms with E-state index in [1.54, 1.807) is 17.3 Å². The largest absolute Gasteiger partial charge is 0.420 e. The molecule has 1 aliphatic heterocycles. The third-order valence-corrected chi connectivity index (χ3v) is 6.40. The highest BCUT2D eigenvalue weighted by atomic mass is 32.2. The van der Waals surface area contributed by atoms with Crippen LogP contribution in [0.3, 0.4) is 0 Å². The van der Waals surface area contributed by atoms with Gasteiger partial charge >= 0.3 is 0 Å². The van der Waals surface area contributed by atoms with Gasteiger partial charge in [0.05, 0.1) is 31.1 Å². The van der Waals surface area contributed by atoms with Gasteiger partial charge in [-0.15, -0.1) is 10.2 Å². The monoisotopic (exact) mass is 351 g/mol. The van der Waals surface area contributed by atoms with Crippen LogP contribution in [-0.4, -0.2) is 49.1 Å². The van der Waals surface area contributed by atoms with Crippen molar-refractivity contribution >= 4 is 10.0 Å². The van der Waals surface area contributed by atoms with E-state index in [-0.39, 0.29) is 0 Å². The zero-order valence-corrected chi connectivity index (χ0v) is 15.1. The highest BCUT2D eigenvalue weighted by molar-refractivity contribution is 7.89. The summed E-state index contributed by atoms with van der Waals surface area (Å²) >= 11 is 0. The van der Waals surface area contributed by atoms with Crippen molar-refractivity contribution in [3.63, 3.8) is 0 Å². The average molecular weight is 351 g/mol. The second-order valence-corrected chi connectivity index (χ2v) is 8.22. The van der Waals surface area contributed by atoms with E-state index in [0.29, 0.717) is 36.3 Å². The van der Waals surface area contributed by atoms with Crippen molar-refractivity contribution in [2.75, 3.05) is 26.2 Å². The van der Waals surface area contributed by atoms with Crippen molar-refractivity contribution in [3.8, 4) is 0 Å².